The zero-order valence-corrected chi connectivity index (χ0v) is 21.2. The third-order valence-electron chi connectivity index (χ3n) is 7.42. The van der Waals surface area contributed by atoms with Gasteiger partial charge in [0.25, 0.3) is 0 Å². The Morgan fingerprint density at radius 2 is 1.66 bits per heavy atom. The average molecular weight is 486 g/mol. The van der Waals surface area contributed by atoms with Gasteiger partial charge in [0.1, 0.15) is 0 Å². The minimum atomic E-state index is 0. The van der Waals surface area contributed by atoms with Gasteiger partial charge in [0.15, 0.2) is 0 Å². The molecule has 3 heterocycles. The molecule has 0 aromatic heterocycles. The topological polar surface area (TPSA) is 38.8 Å². The van der Waals surface area contributed by atoms with Gasteiger partial charge >= 0.3 is 0 Å². The Kier molecular flexibility index (Phi) is 11.8. The number of nitrogens with one attached hydrogen (secondary N) is 1. The molecule has 3 aliphatic heterocycles. The first-order valence-corrected chi connectivity index (χ1v) is 12.2. The van der Waals surface area contributed by atoms with Crippen molar-refractivity contribution in [3.05, 3.63) is 35.9 Å². The van der Waals surface area contributed by atoms with E-state index >= 15 is 0 Å². The molecule has 1 unspecified atom stereocenters. The van der Waals surface area contributed by atoms with Crippen molar-refractivity contribution in [1.29, 1.82) is 0 Å². The maximum atomic E-state index is 12.9. The Balaban J connectivity index is 0.00000181. The summed E-state index contributed by atoms with van der Waals surface area (Å²) in [5.41, 5.74) is 1.46. The van der Waals surface area contributed by atoms with E-state index < -0.39 is 0 Å². The highest BCUT2D eigenvalue weighted by molar-refractivity contribution is 5.85. The molecule has 0 spiro atoms. The Labute approximate surface area is 207 Å². The Morgan fingerprint density at radius 1 is 0.969 bits per heavy atom. The number of rotatable bonds is 6. The molecular weight excluding hydrogens is 443 g/mol. The van der Waals surface area contributed by atoms with E-state index in [-0.39, 0.29) is 30.7 Å². The molecule has 1 N–H and O–H groups in total. The molecule has 1 atom stereocenters. The number of halogens is 2. The van der Waals surface area contributed by atoms with Gasteiger partial charge in [-0.05, 0) is 83.7 Å². The number of piperidine rings is 2. The summed E-state index contributed by atoms with van der Waals surface area (Å²) in [7, 11) is 0. The van der Waals surface area contributed by atoms with Crippen LogP contribution in [-0.4, -0.2) is 85.0 Å². The van der Waals surface area contributed by atoms with E-state index in [0.29, 0.717) is 11.9 Å². The summed E-state index contributed by atoms with van der Waals surface area (Å²) in [6.45, 7) is 10.8. The van der Waals surface area contributed by atoms with Gasteiger partial charge in [-0.2, -0.15) is 0 Å². The van der Waals surface area contributed by atoms with Crippen LogP contribution in [0.2, 0.25) is 0 Å². The minimum Gasteiger partial charge on any atom is -0.340 e. The molecule has 1 aromatic rings. The summed E-state index contributed by atoms with van der Waals surface area (Å²) in [4.78, 5) is 20.3. The lowest BCUT2D eigenvalue weighted by Crippen LogP contribution is -2.54. The van der Waals surface area contributed by atoms with Crippen molar-refractivity contribution >= 4 is 30.7 Å². The molecule has 5 nitrogen and oxygen atoms in total. The summed E-state index contributed by atoms with van der Waals surface area (Å²) < 4.78 is 0. The second kappa shape index (κ2) is 13.8. The third-order valence-corrected chi connectivity index (χ3v) is 7.42. The summed E-state index contributed by atoms with van der Waals surface area (Å²) in [5.74, 6) is 0.667. The van der Waals surface area contributed by atoms with Gasteiger partial charge in [-0.3, -0.25) is 4.79 Å². The predicted molar refractivity (Wildman–Crippen MR) is 137 cm³/mol. The minimum absolute atomic E-state index is 0. The van der Waals surface area contributed by atoms with Gasteiger partial charge in [-0.25, -0.2) is 0 Å². The van der Waals surface area contributed by atoms with Crippen molar-refractivity contribution in [1.82, 2.24) is 20.0 Å². The summed E-state index contributed by atoms with van der Waals surface area (Å²) in [6, 6.07) is 12.0. The normalized spacial score (nSPS) is 23.9. The van der Waals surface area contributed by atoms with Crippen molar-refractivity contribution in [3.63, 3.8) is 0 Å². The van der Waals surface area contributed by atoms with Gasteiger partial charge in [0.05, 0.1) is 0 Å². The second-order valence-corrected chi connectivity index (χ2v) is 9.61. The molecule has 0 radical (unpaired) electrons. The fourth-order valence-electron chi connectivity index (χ4n) is 5.56. The summed E-state index contributed by atoms with van der Waals surface area (Å²) in [5, 5.41) is 3.44. The van der Waals surface area contributed by atoms with Crippen LogP contribution >= 0.6 is 24.8 Å². The number of nitrogens with zero attached hydrogens (tertiary/aromatic N) is 3. The molecule has 0 aliphatic carbocycles. The van der Waals surface area contributed by atoms with Gasteiger partial charge in [0, 0.05) is 37.6 Å². The number of benzene rings is 1. The van der Waals surface area contributed by atoms with Crippen molar-refractivity contribution < 1.29 is 4.79 Å². The number of hydrogen-bond acceptors (Lipinski definition) is 4. The number of carbonyl (C=O) groups is 1. The Hall–Kier alpha value is -0.850. The zero-order valence-electron chi connectivity index (χ0n) is 19.6. The first-order chi connectivity index (χ1) is 14.7. The number of aryl methyl sites for hydroxylation is 1. The van der Waals surface area contributed by atoms with Crippen LogP contribution < -0.4 is 5.32 Å². The maximum Gasteiger partial charge on any atom is 0.225 e. The zero-order chi connectivity index (χ0) is 20.8. The highest BCUT2D eigenvalue weighted by Crippen LogP contribution is 2.25. The molecule has 3 aliphatic rings. The van der Waals surface area contributed by atoms with Gasteiger partial charge in [0.2, 0.25) is 5.91 Å². The van der Waals surface area contributed by atoms with Gasteiger partial charge < -0.3 is 20.0 Å². The Morgan fingerprint density at radius 3 is 2.31 bits per heavy atom. The molecule has 0 bridgehead atoms. The van der Waals surface area contributed by atoms with E-state index in [4.69, 9.17) is 0 Å². The number of piperazine rings is 1. The first kappa shape index (κ1) is 27.4. The molecule has 1 aromatic carbocycles. The second-order valence-electron chi connectivity index (χ2n) is 9.61. The molecule has 4 rings (SSSR count). The molecule has 182 valence electrons. The van der Waals surface area contributed by atoms with Crippen molar-refractivity contribution in [2.75, 3.05) is 52.4 Å². The fourth-order valence-corrected chi connectivity index (χ4v) is 5.56. The fraction of sp³-hybridized carbons (Fsp3) is 0.720. The first-order valence-electron chi connectivity index (χ1n) is 12.2. The van der Waals surface area contributed by atoms with E-state index in [1.807, 2.05) is 0 Å². The van der Waals surface area contributed by atoms with E-state index in [1.54, 1.807) is 0 Å². The quantitative estimate of drug-likeness (QED) is 0.670. The number of amides is 1. The van der Waals surface area contributed by atoms with E-state index in [9.17, 15) is 4.79 Å². The van der Waals surface area contributed by atoms with E-state index in [2.05, 4.69) is 57.3 Å². The molecule has 32 heavy (non-hydrogen) atoms. The van der Waals surface area contributed by atoms with Crippen LogP contribution in [0, 0.1) is 5.92 Å². The van der Waals surface area contributed by atoms with E-state index in [1.165, 1.54) is 50.9 Å². The smallest absolute Gasteiger partial charge is 0.225 e. The number of likely N-dealkylation sites (tertiary alicyclic amines) is 2. The van der Waals surface area contributed by atoms with Gasteiger partial charge in [-0.1, -0.05) is 30.3 Å². The van der Waals surface area contributed by atoms with Crippen molar-refractivity contribution in [3.8, 4) is 0 Å². The summed E-state index contributed by atoms with van der Waals surface area (Å²) in [6.07, 6.45) is 7.13. The molecule has 3 fully saturated rings. The standard InChI is InChI=1S/C25H40N4O.2ClH/c1-21-20-29(19-13-26-21)25(30)23-9-17-28(18-10-23)24-11-15-27(16-12-24)14-5-8-22-6-3-2-4-7-22;;/h2-4,6-7,21,23-24,26H,5,8-20H2,1H3;2*1H. The molecule has 0 saturated carbocycles. The van der Waals surface area contributed by atoms with Crippen LogP contribution in [0.25, 0.3) is 0 Å². The molecule has 1 amide bonds. The Bertz CT molecular complexity index is 661. The van der Waals surface area contributed by atoms with Crippen LogP contribution in [0.3, 0.4) is 0 Å². The van der Waals surface area contributed by atoms with Crippen molar-refractivity contribution in [2.45, 2.75) is 57.5 Å². The molecule has 7 heteroatoms. The monoisotopic (exact) mass is 484 g/mol. The van der Waals surface area contributed by atoms with Gasteiger partial charge in [-0.15, -0.1) is 24.8 Å². The highest BCUT2D eigenvalue weighted by Gasteiger charge is 2.33. The number of carbonyl (C=O) groups excluding carboxylic acids is 1. The van der Waals surface area contributed by atoms with Crippen LogP contribution in [0.5, 0.6) is 0 Å². The van der Waals surface area contributed by atoms with Crippen LogP contribution in [0.1, 0.15) is 44.6 Å². The van der Waals surface area contributed by atoms with Crippen LogP contribution in [-0.2, 0) is 11.2 Å². The number of hydrogen-bond donors (Lipinski definition) is 1. The van der Waals surface area contributed by atoms with Crippen molar-refractivity contribution in [2.24, 2.45) is 5.92 Å². The third kappa shape index (κ3) is 7.59. The lowest BCUT2D eigenvalue weighted by molar-refractivity contribution is -0.138. The molecular formula is C25H42Cl2N4O. The lowest BCUT2D eigenvalue weighted by Gasteiger charge is -2.42. The lowest BCUT2D eigenvalue weighted by atomic mass is 9.92. The van der Waals surface area contributed by atoms with Crippen LogP contribution in [0.4, 0.5) is 0 Å². The summed E-state index contributed by atoms with van der Waals surface area (Å²) >= 11 is 0. The maximum absolute atomic E-state index is 12.9. The SMILES string of the molecule is CC1CN(C(=O)C2CCN(C3CCN(CCCc4ccccc4)CC3)CC2)CCN1.Cl.Cl. The predicted octanol–water partition coefficient (Wildman–Crippen LogP) is 3.46. The van der Waals surface area contributed by atoms with Crippen LogP contribution in [0.15, 0.2) is 30.3 Å². The molecule has 3 saturated heterocycles. The highest BCUT2D eigenvalue weighted by atomic mass is 35.5. The average Bonchev–Trinajstić information content (AvgIpc) is 2.80. The largest absolute Gasteiger partial charge is 0.340 e. The van der Waals surface area contributed by atoms with E-state index in [0.717, 1.165) is 51.6 Å².